The van der Waals surface area contributed by atoms with Gasteiger partial charge in [0.15, 0.2) is 0 Å². The van der Waals surface area contributed by atoms with E-state index >= 15 is 0 Å². The number of nitrogens with two attached hydrogens (primary N) is 1. The molecule has 0 bridgehead atoms. The fourth-order valence-corrected chi connectivity index (χ4v) is 1.97. The molecule has 0 aliphatic rings. The topological polar surface area (TPSA) is 77.5 Å². The Kier molecular flexibility index (Phi) is 3.98. The van der Waals surface area contributed by atoms with E-state index < -0.39 is 5.97 Å². The van der Waals surface area contributed by atoms with Crippen molar-refractivity contribution < 1.29 is 13.9 Å². The molecule has 0 saturated heterocycles. The van der Waals surface area contributed by atoms with Gasteiger partial charge in [-0.15, -0.1) is 0 Å². The van der Waals surface area contributed by atoms with Crippen LogP contribution in [0.2, 0.25) is 0 Å². The summed E-state index contributed by atoms with van der Waals surface area (Å²) in [6.07, 6.45) is 0. The summed E-state index contributed by atoms with van der Waals surface area (Å²) < 4.78 is 10.3. The minimum atomic E-state index is -0.451. The monoisotopic (exact) mass is 274 g/mol. The number of hydrogen-bond donors (Lipinski definition) is 2. The molecule has 0 fully saturated rings. The van der Waals surface area contributed by atoms with Gasteiger partial charge in [-0.25, -0.2) is 4.79 Å². The summed E-state index contributed by atoms with van der Waals surface area (Å²) in [7, 11) is 1.33. The molecule has 0 radical (unpaired) electrons. The van der Waals surface area contributed by atoms with Crippen molar-refractivity contribution in [1.82, 2.24) is 0 Å². The molecule has 5 heteroatoms. The minimum Gasteiger partial charge on any atom is -0.465 e. The lowest BCUT2D eigenvalue weighted by Crippen LogP contribution is -2.11. The SMILES string of the molecule is COC(=O)c1cccc(NC(C)c2ccc(C)o2)c1N. The van der Waals surface area contributed by atoms with Gasteiger partial charge in [-0.05, 0) is 38.1 Å². The van der Waals surface area contributed by atoms with Crippen molar-refractivity contribution in [3.63, 3.8) is 0 Å². The number of carbonyl (C=O) groups is 1. The van der Waals surface area contributed by atoms with Crippen LogP contribution in [0, 0.1) is 6.92 Å². The fourth-order valence-electron chi connectivity index (χ4n) is 1.97. The van der Waals surface area contributed by atoms with Crippen LogP contribution in [0.4, 0.5) is 11.4 Å². The number of ether oxygens (including phenoxy) is 1. The average molecular weight is 274 g/mol. The van der Waals surface area contributed by atoms with Gasteiger partial charge in [0, 0.05) is 0 Å². The zero-order valence-corrected chi connectivity index (χ0v) is 11.8. The highest BCUT2D eigenvalue weighted by atomic mass is 16.5. The summed E-state index contributed by atoms with van der Waals surface area (Å²) in [4.78, 5) is 11.6. The molecule has 2 rings (SSSR count). The predicted molar refractivity (Wildman–Crippen MR) is 77.7 cm³/mol. The maximum atomic E-state index is 11.6. The number of para-hydroxylation sites is 1. The Morgan fingerprint density at radius 1 is 1.35 bits per heavy atom. The molecule has 1 aromatic carbocycles. The van der Waals surface area contributed by atoms with Crippen molar-refractivity contribution in [2.45, 2.75) is 19.9 Å². The van der Waals surface area contributed by atoms with E-state index in [1.54, 1.807) is 12.1 Å². The van der Waals surface area contributed by atoms with Gasteiger partial charge in [0.25, 0.3) is 0 Å². The largest absolute Gasteiger partial charge is 0.465 e. The summed E-state index contributed by atoms with van der Waals surface area (Å²) in [5.74, 6) is 1.21. The summed E-state index contributed by atoms with van der Waals surface area (Å²) >= 11 is 0. The first-order valence-corrected chi connectivity index (χ1v) is 6.32. The zero-order valence-electron chi connectivity index (χ0n) is 11.8. The van der Waals surface area contributed by atoms with E-state index in [2.05, 4.69) is 5.32 Å². The highest BCUT2D eigenvalue weighted by Crippen LogP contribution is 2.28. The molecule has 0 saturated carbocycles. The van der Waals surface area contributed by atoms with Crippen LogP contribution in [0.5, 0.6) is 0 Å². The number of esters is 1. The molecular formula is C15H18N2O3. The number of aryl methyl sites for hydroxylation is 1. The van der Waals surface area contributed by atoms with Crippen molar-refractivity contribution >= 4 is 17.3 Å². The molecule has 1 unspecified atom stereocenters. The second-order valence-electron chi connectivity index (χ2n) is 4.57. The Bertz CT molecular complexity index is 619. The highest BCUT2D eigenvalue weighted by Gasteiger charge is 2.15. The first-order chi connectivity index (χ1) is 9.52. The molecular weight excluding hydrogens is 256 g/mol. The quantitative estimate of drug-likeness (QED) is 0.661. The van der Waals surface area contributed by atoms with Crippen molar-refractivity contribution in [2.24, 2.45) is 0 Å². The van der Waals surface area contributed by atoms with E-state index in [0.29, 0.717) is 16.9 Å². The third-order valence-electron chi connectivity index (χ3n) is 3.07. The van der Waals surface area contributed by atoms with Crippen LogP contribution in [0.3, 0.4) is 0 Å². The third kappa shape index (κ3) is 2.77. The number of nitrogens with one attached hydrogen (secondary N) is 1. The smallest absolute Gasteiger partial charge is 0.340 e. The van der Waals surface area contributed by atoms with Crippen molar-refractivity contribution in [1.29, 1.82) is 0 Å². The molecule has 1 aromatic heterocycles. The van der Waals surface area contributed by atoms with Gasteiger partial charge >= 0.3 is 5.97 Å². The first kappa shape index (κ1) is 14.0. The van der Waals surface area contributed by atoms with Gasteiger partial charge in [0.05, 0.1) is 30.1 Å². The van der Waals surface area contributed by atoms with Gasteiger partial charge in [-0.3, -0.25) is 0 Å². The molecule has 1 heterocycles. The van der Waals surface area contributed by atoms with E-state index in [1.807, 2.05) is 32.0 Å². The van der Waals surface area contributed by atoms with E-state index in [0.717, 1.165) is 11.5 Å². The number of rotatable bonds is 4. The average Bonchev–Trinajstić information content (AvgIpc) is 2.87. The number of benzene rings is 1. The maximum absolute atomic E-state index is 11.6. The van der Waals surface area contributed by atoms with Gasteiger partial charge < -0.3 is 20.2 Å². The number of hydrogen-bond acceptors (Lipinski definition) is 5. The summed E-state index contributed by atoms with van der Waals surface area (Å²) in [6.45, 7) is 3.85. The molecule has 106 valence electrons. The molecule has 2 aromatic rings. The lowest BCUT2D eigenvalue weighted by Gasteiger charge is -2.16. The summed E-state index contributed by atoms with van der Waals surface area (Å²) in [6, 6.07) is 8.96. The Morgan fingerprint density at radius 3 is 2.70 bits per heavy atom. The highest BCUT2D eigenvalue weighted by molar-refractivity contribution is 5.98. The predicted octanol–water partition coefficient (Wildman–Crippen LogP) is 3.13. The normalized spacial score (nSPS) is 11.9. The number of nitrogen functional groups attached to an aromatic ring is 1. The lowest BCUT2D eigenvalue weighted by atomic mass is 10.1. The van der Waals surface area contributed by atoms with Gasteiger partial charge in [-0.1, -0.05) is 6.07 Å². The summed E-state index contributed by atoms with van der Waals surface area (Å²) in [5.41, 5.74) is 7.39. The standard InChI is InChI=1S/C15H18N2O3/c1-9-7-8-13(20-9)10(2)17-12-6-4-5-11(14(12)16)15(18)19-3/h4-8,10,17H,16H2,1-3H3. The van der Waals surface area contributed by atoms with Gasteiger partial charge in [0.1, 0.15) is 11.5 Å². The molecule has 3 N–H and O–H groups in total. The Hall–Kier alpha value is -2.43. The minimum absolute atomic E-state index is 0.0566. The maximum Gasteiger partial charge on any atom is 0.340 e. The molecule has 0 spiro atoms. The molecule has 0 aliphatic heterocycles. The van der Waals surface area contributed by atoms with Crippen molar-refractivity contribution in [2.75, 3.05) is 18.2 Å². The second-order valence-corrected chi connectivity index (χ2v) is 4.57. The number of methoxy groups -OCH3 is 1. The fraction of sp³-hybridized carbons (Fsp3) is 0.267. The van der Waals surface area contributed by atoms with Crippen LogP contribution < -0.4 is 11.1 Å². The van der Waals surface area contributed by atoms with Crippen LogP contribution in [0.25, 0.3) is 0 Å². The van der Waals surface area contributed by atoms with Gasteiger partial charge in [0.2, 0.25) is 0 Å². The van der Waals surface area contributed by atoms with Crippen molar-refractivity contribution in [3.05, 3.63) is 47.4 Å². The summed E-state index contributed by atoms with van der Waals surface area (Å²) in [5, 5.41) is 3.23. The van der Waals surface area contributed by atoms with Crippen molar-refractivity contribution in [3.8, 4) is 0 Å². The lowest BCUT2D eigenvalue weighted by molar-refractivity contribution is 0.0602. The van der Waals surface area contributed by atoms with E-state index in [4.69, 9.17) is 14.9 Å². The number of anilines is 2. The van der Waals surface area contributed by atoms with Crippen LogP contribution in [0.15, 0.2) is 34.7 Å². The number of furan rings is 1. The second kappa shape index (κ2) is 5.69. The van der Waals surface area contributed by atoms with Crippen LogP contribution in [-0.4, -0.2) is 13.1 Å². The van der Waals surface area contributed by atoms with E-state index in [-0.39, 0.29) is 6.04 Å². The molecule has 0 amide bonds. The Morgan fingerprint density at radius 2 is 2.10 bits per heavy atom. The van der Waals surface area contributed by atoms with E-state index in [1.165, 1.54) is 7.11 Å². The van der Waals surface area contributed by atoms with Gasteiger partial charge in [-0.2, -0.15) is 0 Å². The molecule has 0 aliphatic carbocycles. The number of carbonyl (C=O) groups excluding carboxylic acids is 1. The van der Waals surface area contributed by atoms with Crippen LogP contribution in [-0.2, 0) is 4.74 Å². The van der Waals surface area contributed by atoms with E-state index in [9.17, 15) is 4.79 Å². The third-order valence-corrected chi connectivity index (χ3v) is 3.07. The van der Waals surface area contributed by atoms with Crippen LogP contribution in [0.1, 0.15) is 34.8 Å². The zero-order chi connectivity index (χ0) is 14.7. The molecule has 20 heavy (non-hydrogen) atoms. The molecule has 1 atom stereocenters. The molecule has 5 nitrogen and oxygen atoms in total. The van der Waals surface area contributed by atoms with Crippen LogP contribution >= 0.6 is 0 Å². The Labute approximate surface area is 117 Å². The first-order valence-electron chi connectivity index (χ1n) is 6.32. The Balaban J connectivity index is 2.23.